The van der Waals surface area contributed by atoms with Gasteiger partial charge in [0.25, 0.3) is 7.82 Å². The molecule has 0 aromatic rings. The van der Waals surface area contributed by atoms with Gasteiger partial charge in [-0.25, -0.2) is 0 Å². The van der Waals surface area contributed by atoms with Crippen molar-refractivity contribution in [2.75, 3.05) is 47.5 Å². The number of nitrogens with zero attached hydrogens (tertiary/aromatic N) is 1. The first-order chi connectivity index (χ1) is 30.0. The summed E-state index contributed by atoms with van der Waals surface area (Å²) < 4.78 is 34.0. The summed E-state index contributed by atoms with van der Waals surface area (Å²) in [5.41, 5.74) is 0. The summed E-state index contributed by atoms with van der Waals surface area (Å²) >= 11 is 0. The maximum atomic E-state index is 12.7. The first-order valence-corrected chi connectivity index (χ1v) is 27.5. The maximum absolute atomic E-state index is 12.7. The molecule has 0 fully saturated rings. The molecule has 0 aliphatic rings. The van der Waals surface area contributed by atoms with E-state index in [1.165, 1.54) is 154 Å². The fraction of sp³-hybridized carbons (Fsp3) is 0.885. The van der Waals surface area contributed by atoms with E-state index in [9.17, 15) is 19.0 Å². The number of esters is 2. The number of hydrogen-bond donors (Lipinski definition) is 0. The largest absolute Gasteiger partial charge is 0.756 e. The molecule has 0 amide bonds. The Labute approximate surface area is 383 Å². The van der Waals surface area contributed by atoms with E-state index in [0.717, 1.165) is 57.8 Å². The highest BCUT2D eigenvalue weighted by molar-refractivity contribution is 7.45. The Bertz CT molecular complexity index is 1110. The van der Waals surface area contributed by atoms with Gasteiger partial charge in [0, 0.05) is 12.8 Å². The number of likely N-dealkylation sites (N-methyl/N-ethyl adjacent to an activating group) is 1. The van der Waals surface area contributed by atoms with Gasteiger partial charge in [-0.1, -0.05) is 199 Å². The summed E-state index contributed by atoms with van der Waals surface area (Å²) in [6.45, 7) is 4.21. The standard InChI is InChI=1S/C52H100NO8P/c1-6-8-10-12-14-16-18-19-20-21-22-23-24-25-26-27-28-29-30-31-32-33-35-37-39-41-43-45-52(55)61-50(49-60-62(56,57)59-47-46-53(3,4)5)48-58-51(54)44-42-40-38-36-34-17-15-13-11-9-7-2/h13,15,21-22,50H,6-12,14,16-20,23-49H2,1-5H3/b15-13-,22-21-. The second kappa shape index (κ2) is 44.7. The average Bonchev–Trinajstić information content (AvgIpc) is 3.23. The van der Waals surface area contributed by atoms with E-state index in [2.05, 4.69) is 38.2 Å². The van der Waals surface area contributed by atoms with Crippen molar-refractivity contribution < 1.29 is 42.1 Å². The van der Waals surface area contributed by atoms with Gasteiger partial charge in [-0.15, -0.1) is 0 Å². The molecule has 0 aromatic carbocycles. The zero-order chi connectivity index (χ0) is 45.7. The molecule has 0 aliphatic heterocycles. The van der Waals surface area contributed by atoms with Crippen LogP contribution >= 0.6 is 7.82 Å². The van der Waals surface area contributed by atoms with Crippen LogP contribution in [0.2, 0.25) is 0 Å². The quantitative estimate of drug-likeness (QED) is 0.0195. The normalized spacial score (nSPS) is 13.6. The van der Waals surface area contributed by atoms with Gasteiger partial charge in [0.2, 0.25) is 0 Å². The minimum absolute atomic E-state index is 0.0302. The number of rotatable bonds is 48. The molecule has 0 radical (unpaired) electrons. The second-order valence-corrected chi connectivity index (χ2v) is 20.3. The first-order valence-electron chi connectivity index (χ1n) is 26.0. The Kier molecular flexibility index (Phi) is 43.6. The molecule has 0 N–H and O–H groups in total. The Morgan fingerprint density at radius 3 is 1.24 bits per heavy atom. The molecule has 10 heteroatoms. The van der Waals surface area contributed by atoms with Gasteiger partial charge in [0.05, 0.1) is 27.7 Å². The molecule has 0 saturated heterocycles. The number of phosphoric ester groups is 1. The lowest BCUT2D eigenvalue weighted by Crippen LogP contribution is -2.37. The first kappa shape index (κ1) is 60.5. The van der Waals surface area contributed by atoms with Crippen molar-refractivity contribution in [3.05, 3.63) is 24.3 Å². The lowest BCUT2D eigenvalue weighted by Gasteiger charge is -2.28. The lowest BCUT2D eigenvalue weighted by atomic mass is 10.0. The summed E-state index contributed by atoms with van der Waals surface area (Å²) in [5, 5.41) is 0. The van der Waals surface area contributed by atoms with Crippen LogP contribution in [0.4, 0.5) is 0 Å². The Balaban J connectivity index is 4.08. The fourth-order valence-electron chi connectivity index (χ4n) is 7.34. The summed E-state index contributed by atoms with van der Waals surface area (Å²) in [7, 11) is 1.17. The van der Waals surface area contributed by atoms with E-state index in [1.54, 1.807) is 0 Å². The molecule has 366 valence electrons. The number of hydrogen-bond acceptors (Lipinski definition) is 8. The van der Waals surface area contributed by atoms with Gasteiger partial charge in [0.15, 0.2) is 6.10 Å². The number of carbonyl (C=O) groups is 2. The average molecular weight is 898 g/mol. The number of carbonyl (C=O) groups excluding carboxylic acids is 2. The van der Waals surface area contributed by atoms with Crippen LogP contribution in [0.15, 0.2) is 24.3 Å². The smallest absolute Gasteiger partial charge is 0.306 e. The third-order valence-corrected chi connectivity index (χ3v) is 12.4. The summed E-state index contributed by atoms with van der Waals surface area (Å²) in [5.74, 6) is -0.837. The SMILES string of the molecule is CCCC/C=C\CCCCCCCC(=O)OCC(COP(=O)([O-])OCC[N+](C)(C)C)OC(=O)CCCCCCCCCCCCCCCCC/C=C\CCCCCCCCCC. The van der Waals surface area contributed by atoms with E-state index in [4.69, 9.17) is 18.5 Å². The molecule has 9 nitrogen and oxygen atoms in total. The van der Waals surface area contributed by atoms with E-state index in [0.29, 0.717) is 17.4 Å². The van der Waals surface area contributed by atoms with Gasteiger partial charge < -0.3 is 27.9 Å². The van der Waals surface area contributed by atoms with Crippen molar-refractivity contribution >= 4 is 19.8 Å². The Morgan fingerprint density at radius 2 is 0.839 bits per heavy atom. The van der Waals surface area contributed by atoms with Gasteiger partial charge in [-0.2, -0.15) is 0 Å². The van der Waals surface area contributed by atoms with Crippen molar-refractivity contribution in [3.63, 3.8) is 0 Å². The van der Waals surface area contributed by atoms with Crippen LogP contribution in [0.5, 0.6) is 0 Å². The van der Waals surface area contributed by atoms with Gasteiger partial charge in [-0.05, 0) is 57.8 Å². The topological polar surface area (TPSA) is 111 Å². The highest BCUT2D eigenvalue weighted by atomic mass is 31.2. The monoisotopic (exact) mass is 898 g/mol. The van der Waals surface area contributed by atoms with Crippen molar-refractivity contribution in [1.29, 1.82) is 0 Å². The molecule has 0 aromatic heterocycles. The van der Waals surface area contributed by atoms with Gasteiger partial charge in [-0.3, -0.25) is 14.2 Å². The van der Waals surface area contributed by atoms with Crippen LogP contribution in [0.3, 0.4) is 0 Å². The molecule has 0 spiro atoms. The zero-order valence-corrected chi connectivity index (χ0v) is 42.2. The molecular weight excluding hydrogens is 798 g/mol. The van der Waals surface area contributed by atoms with E-state index in [1.807, 2.05) is 21.1 Å². The van der Waals surface area contributed by atoms with Crippen molar-refractivity contribution in [2.24, 2.45) is 0 Å². The summed E-state index contributed by atoms with van der Waals surface area (Å²) in [6.07, 6.45) is 50.9. The van der Waals surface area contributed by atoms with Crippen LogP contribution in [0.1, 0.15) is 245 Å². The highest BCUT2D eigenvalue weighted by Crippen LogP contribution is 2.38. The molecule has 0 aliphatic carbocycles. The van der Waals surface area contributed by atoms with Gasteiger partial charge in [0.1, 0.15) is 19.8 Å². The molecule has 0 heterocycles. The van der Waals surface area contributed by atoms with Gasteiger partial charge >= 0.3 is 11.9 Å². The molecule has 2 unspecified atom stereocenters. The molecular formula is C52H100NO8P. The van der Waals surface area contributed by atoms with Crippen LogP contribution in [0.25, 0.3) is 0 Å². The molecule has 0 saturated carbocycles. The number of ether oxygens (including phenoxy) is 2. The van der Waals surface area contributed by atoms with E-state index < -0.39 is 32.5 Å². The highest BCUT2D eigenvalue weighted by Gasteiger charge is 2.21. The minimum atomic E-state index is -4.63. The van der Waals surface area contributed by atoms with E-state index >= 15 is 0 Å². The summed E-state index contributed by atoms with van der Waals surface area (Å²) in [4.78, 5) is 37.6. The number of unbranched alkanes of at least 4 members (excludes halogenated alkanes) is 30. The molecule has 0 rings (SSSR count). The predicted octanol–water partition coefficient (Wildman–Crippen LogP) is 14.8. The number of quaternary nitrogens is 1. The Morgan fingerprint density at radius 1 is 0.484 bits per heavy atom. The van der Waals surface area contributed by atoms with Crippen molar-refractivity contribution in [1.82, 2.24) is 0 Å². The van der Waals surface area contributed by atoms with Crippen molar-refractivity contribution in [2.45, 2.75) is 251 Å². The number of phosphoric acid groups is 1. The lowest BCUT2D eigenvalue weighted by molar-refractivity contribution is -0.870. The fourth-order valence-corrected chi connectivity index (χ4v) is 8.07. The molecule has 62 heavy (non-hydrogen) atoms. The maximum Gasteiger partial charge on any atom is 0.306 e. The minimum Gasteiger partial charge on any atom is -0.756 e. The Hall–Kier alpha value is -1.51. The van der Waals surface area contributed by atoms with Crippen molar-refractivity contribution in [3.8, 4) is 0 Å². The van der Waals surface area contributed by atoms with Crippen LogP contribution < -0.4 is 4.89 Å². The second-order valence-electron chi connectivity index (χ2n) is 18.9. The third kappa shape index (κ3) is 48.0. The summed E-state index contributed by atoms with van der Waals surface area (Å²) in [6, 6.07) is 0. The molecule has 0 bridgehead atoms. The third-order valence-electron chi connectivity index (χ3n) is 11.4. The number of allylic oxidation sites excluding steroid dienone is 4. The van der Waals surface area contributed by atoms with Crippen LogP contribution in [-0.4, -0.2) is 70.0 Å². The van der Waals surface area contributed by atoms with Crippen LogP contribution in [-0.2, 0) is 32.7 Å². The van der Waals surface area contributed by atoms with Crippen LogP contribution in [0, 0.1) is 0 Å². The zero-order valence-electron chi connectivity index (χ0n) is 41.3. The van der Waals surface area contributed by atoms with E-state index in [-0.39, 0.29) is 26.1 Å². The molecule has 2 atom stereocenters. The predicted molar refractivity (Wildman–Crippen MR) is 259 cm³/mol.